The van der Waals surface area contributed by atoms with Crippen LogP contribution < -0.4 is 19.7 Å². The van der Waals surface area contributed by atoms with Crippen molar-refractivity contribution in [1.29, 1.82) is 0 Å². The molecule has 1 N–H and O–H groups in total. The number of nitrogens with one attached hydrogen (secondary N) is 1. The van der Waals surface area contributed by atoms with Crippen molar-refractivity contribution in [2.75, 3.05) is 31.7 Å². The van der Waals surface area contributed by atoms with Crippen molar-refractivity contribution in [1.82, 2.24) is 5.32 Å². The van der Waals surface area contributed by atoms with E-state index in [1.807, 2.05) is 0 Å². The molecule has 27 heavy (non-hydrogen) atoms. The van der Waals surface area contributed by atoms with E-state index in [1.54, 1.807) is 60.5 Å². The van der Waals surface area contributed by atoms with Gasteiger partial charge in [-0.2, -0.15) is 0 Å². The molecule has 0 aromatic heterocycles. The van der Waals surface area contributed by atoms with E-state index in [9.17, 15) is 9.59 Å². The Morgan fingerprint density at radius 1 is 1.04 bits per heavy atom. The first kappa shape index (κ1) is 20.6. The van der Waals surface area contributed by atoms with Crippen LogP contribution in [0.25, 0.3) is 0 Å². The molecule has 2 aromatic carbocycles. The van der Waals surface area contributed by atoms with Crippen LogP contribution in [0.2, 0.25) is 5.02 Å². The molecule has 0 aliphatic heterocycles. The van der Waals surface area contributed by atoms with E-state index in [4.69, 9.17) is 21.1 Å². The van der Waals surface area contributed by atoms with Crippen LogP contribution in [0.1, 0.15) is 13.3 Å². The highest BCUT2D eigenvalue weighted by atomic mass is 35.5. The molecule has 0 aliphatic rings. The summed E-state index contributed by atoms with van der Waals surface area (Å²) in [5.41, 5.74) is 0.711. The number of halogens is 1. The minimum absolute atomic E-state index is 0.132. The van der Waals surface area contributed by atoms with Crippen molar-refractivity contribution in [2.45, 2.75) is 13.3 Å². The number of rotatable bonds is 9. The third kappa shape index (κ3) is 6.83. The molecule has 2 amide bonds. The first-order valence-electron chi connectivity index (χ1n) is 8.57. The molecular weight excluding hydrogens is 368 g/mol. The van der Waals surface area contributed by atoms with E-state index in [-0.39, 0.29) is 18.2 Å². The molecule has 0 heterocycles. The standard InChI is InChI=1S/C20H23ClN2O4/c1-15(24)23(17-5-3-16(21)4-6-17)13-11-20(25)22-12-14-27-19-9-7-18(26-2)8-10-19/h3-10H,11-14H2,1-2H3,(H,22,25). The van der Waals surface area contributed by atoms with Crippen molar-refractivity contribution in [3.05, 3.63) is 53.6 Å². The third-order valence-corrected chi connectivity index (χ3v) is 4.09. The predicted molar refractivity (Wildman–Crippen MR) is 106 cm³/mol. The average Bonchev–Trinajstić information content (AvgIpc) is 2.67. The molecule has 6 nitrogen and oxygen atoms in total. The average molecular weight is 391 g/mol. The number of benzene rings is 2. The van der Waals surface area contributed by atoms with Crippen LogP contribution in [-0.2, 0) is 9.59 Å². The summed E-state index contributed by atoms with van der Waals surface area (Å²) in [5.74, 6) is 1.18. The van der Waals surface area contributed by atoms with E-state index in [2.05, 4.69) is 5.32 Å². The minimum atomic E-state index is -0.145. The summed E-state index contributed by atoms with van der Waals surface area (Å²) in [6, 6.07) is 14.2. The van der Waals surface area contributed by atoms with Gasteiger partial charge in [0.25, 0.3) is 0 Å². The van der Waals surface area contributed by atoms with Gasteiger partial charge in [0.15, 0.2) is 0 Å². The summed E-state index contributed by atoms with van der Waals surface area (Å²) < 4.78 is 10.6. The number of amides is 2. The Morgan fingerprint density at radius 2 is 1.67 bits per heavy atom. The molecule has 0 unspecified atom stereocenters. The summed E-state index contributed by atoms with van der Waals surface area (Å²) in [5, 5.41) is 3.38. The van der Waals surface area contributed by atoms with Gasteiger partial charge in [0.2, 0.25) is 11.8 Å². The van der Waals surface area contributed by atoms with Crippen LogP contribution in [0.5, 0.6) is 11.5 Å². The number of hydrogen-bond donors (Lipinski definition) is 1. The predicted octanol–water partition coefficient (Wildman–Crippen LogP) is 3.29. The van der Waals surface area contributed by atoms with Crippen LogP contribution >= 0.6 is 11.6 Å². The summed E-state index contributed by atoms with van der Waals surface area (Å²) in [4.78, 5) is 25.4. The van der Waals surface area contributed by atoms with E-state index in [0.29, 0.717) is 36.2 Å². The smallest absolute Gasteiger partial charge is 0.223 e. The minimum Gasteiger partial charge on any atom is -0.497 e. The molecule has 0 spiro atoms. The Balaban J connectivity index is 1.72. The Morgan fingerprint density at radius 3 is 2.26 bits per heavy atom. The molecule has 2 aromatic rings. The van der Waals surface area contributed by atoms with Gasteiger partial charge in [-0.15, -0.1) is 0 Å². The first-order chi connectivity index (χ1) is 13.0. The number of methoxy groups -OCH3 is 1. The van der Waals surface area contributed by atoms with Crippen molar-refractivity contribution < 1.29 is 19.1 Å². The second-order valence-corrected chi connectivity index (χ2v) is 6.21. The van der Waals surface area contributed by atoms with Gasteiger partial charge in [-0.3, -0.25) is 9.59 Å². The summed E-state index contributed by atoms with van der Waals surface area (Å²) in [6.07, 6.45) is 0.199. The van der Waals surface area contributed by atoms with E-state index >= 15 is 0 Å². The van der Waals surface area contributed by atoms with Gasteiger partial charge >= 0.3 is 0 Å². The molecule has 0 bridgehead atoms. The lowest BCUT2D eigenvalue weighted by molar-refractivity contribution is -0.121. The Hall–Kier alpha value is -2.73. The second kappa shape index (κ2) is 10.4. The van der Waals surface area contributed by atoms with Crippen molar-refractivity contribution in [3.63, 3.8) is 0 Å². The molecule has 0 aliphatic carbocycles. The number of carbonyl (C=O) groups excluding carboxylic acids is 2. The highest BCUT2D eigenvalue weighted by Gasteiger charge is 2.13. The number of nitrogens with zero attached hydrogens (tertiary/aromatic N) is 1. The maximum Gasteiger partial charge on any atom is 0.223 e. The summed E-state index contributed by atoms with van der Waals surface area (Å²) >= 11 is 5.87. The van der Waals surface area contributed by atoms with Crippen LogP contribution in [0.4, 0.5) is 5.69 Å². The molecular formula is C20H23ClN2O4. The zero-order chi connectivity index (χ0) is 19.6. The quantitative estimate of drug-likeness (QED) is 0.667. The van der Waals surface area contributed by atoms with Gasteiger partial charge in [-0.05, 0) is 48.5 Å². The highest BCUT2D eigenvalue weighted by Crippen LogP contribution is 2.18. The highest BCUT2D eigenvalue weighted by molar-refractivity contribution is 6.30. The van der Waals surface area contributed by atoms with E-state index in [1.165, 1.54) is 6.92 Å². The number of anilines is 1. The van der Waals surface area contributed by atoms with Crippen molar-refractivity contribution in [3.8, 4) is 11.5 Å². The zero-order valence-electron chi connectivity index (χ0n) is 15.4. The fourth-order valence-electron chi connectivity index (χ4n) is 2.42. The normalized spacial score (nSPS) is 10.2. The van der Waals surface area contributed by atoms with Crippen LogP contribution in [0, 0.1) is 0 Å². The zero-order valence-corrected chi connectivity index (χ0v) is 16.2. The second-order valence-electron chi connectivity index (χ2n) is 5.77. The topological polar surface area (TPSA) is 67.9 Å². The van der Waals surface area contributed by atoms with Gasteiger partial charge in [0.1, 0.15) is 18.1 Å². The van der Waals surface area contributed by atoms with Gasteiger partial charge in [-0.25, -0.2) is 0 Å². The fourth-order valence-corrected chi connectivity index (χ4v) is 2.55. The van der Waals surface area contributed by atoms with E-state index < -0.39 is 0 Å². The molecule has 0 atom stereocenters. The summed E-state index contributed by atoms with van der Waals surface area (Å²) in [7, 11) is 1.60. The van der Waals surface area contributed by atoms with Crippen LogP contribution in [-0.4, -0.2) is 38.6 Å². The third-order valence-electron chi connectivity index (χ3n) is 3.83. The van der Waals surface area contributed by atoms with E-state index in [0.717, 1.165) is 5.75 Å². The fraction of sp³-hybridized carbons (Fsp3) is 0.300. The van der Waals surface area contributed by atoms with Gasteiger partial charge in [-0.1, -0.05) is 11.6 Å². The molecule has 2 rings (SSSR count). The Labute approximate surface area is 164 Å². The molecule has 0 saturated carbocycles. The molecule has 0 saturated heterocycles. The number of carbonyl (C=O) groups is 2. The lowest BCUT2D eigenvalue weighted by Gasteiger charge is -2.21. The SMILES string of the molecule is COc1ccc(OCCNC(=O)CCN(C(C)=O)c2ccc(Cl)cc2)cc1. The van der Waals surface area contributed by atoms with Crippen molar-refractivity contribution in [2.24, 2.45) is 0 Å². The summed E-state index contributed by atoms with van der Waals surface area (Å²) in [6.45, 7) is 2.49. The van der Waals surface area contributed by atoms with Crippen LogP contribution in [0.3, 0.4) is 0 Å². The molecule has 7 heteroatoms. The lowest BCUT2D eigenvalue weighted by Crippen LogP contribution is -2.35. The van der Waals surface area contributed by atoms with Gasteiger partial charge < -0.3 is 19.7 Å². The van der Waals surface area contributed by atoms with Gasteiger partial charge in [0.05, 0.1) is 13.7 Å². The van der Waals surface area contributed by atoms with Crippen LogP contribution in [0.15, 0.2) is 48.5 Å². The lowest BCUT2D eigenvalue weighted by atomic mass is 10.2. The number of ether oxygens (including phenoxy) is 2. The molecule has 0 fully saturated rings. The molecule has 144 valence electrons. The van der Waals surface area contributed by atoms with Crippen molar-refractivity contribution >= 4 is 29.1 Å². The largest absolute Gasteiger partial charge is 0.497 e. The molecule has 0 radical (unpaired) electrons. The Bertz CT molecular complexity index is 748. The monoisotopic (exact) mass is 390 g/mol. The number of hydrogen-bond acceptors (Lipinski definition) is 4. The maximum atomic E-state index is 12.0. The first-order valence-corrected chi connectivity index (χ1v) is 8.94. The Kier molecular flexibility index (Phi) is 7.95. The maximum absolute atomic E-state index is 12.0. The van der Waals surface area contributed by atoms with Gasteiger partial charge in [0, 0.05) is 30.6 Å².